The standard InChI is InChI=1S/C19H23F3N2O3/c1-27-12-11-23-9-3-7-18(17(23)26)8-4-10-24(18)16(25)14-5-2-6-15(13-14)19(20,21)22/h2,5-6,13H,3-4,7-12H2,1H3. The monoisotopic (exact) mass is 384 g/mol. The van der Waals surface area contributed by atoms with Crippen LogP contribution in [0.5, 0.6) is 0 Å². The summed E-state index contributed by atoms with van der Waals surface area (Å²) in [4.78, 5) is 29.3. The molecule has 0 radical (unpaired) electrons. The van der Waals surface area contributed by atoms with Crippen LogP contribution in [0.1, 0.15) is 41.6 Å². The highest BCUT2D eigenvalue weighted by Gasteiger charge is 2.52. The van der Waals surface area contributed by atoms with Gasteiger partial charge in [-0.3, -0.25) is 9.59 Å². The van der Waals surface area contributed by atoms with Crippen LogP contribution in [0.25, 0.3) is 0 Å². The summed E-state index contributed by atoms with van der Waals surface area (Å²) in [7, 11) is 1.56. The van der Waals surface area contributed by atoms with Gasteiger partial charge in [0.1, 0.15) is 5.54 Å². The molecule has 3 rings (SSSR count). The second kappa shape index (κ2) is 7.50. The first-order valence-electron chi connectivity index (χ1n) is 9.07. The van der Waals surface area contributed by atoms with Gasteiger partial charge >= 0.3 is 6.18 Å². The van der Waals surface area contributed by atoms with Crippen LogP contribution in [-0.2, 0) is 15.7 Å². The molecule has 2 saturated heterocycles. The predicted molar refractivity (Wildman–Crippen MR) is 92.1 cm³/mol. The van der Waals surface area contributed by atoms with Gasteiger partial charge in [0, 0.05) is 32.3 Å². The third-order valence-corrected chi connectivity index (χ3v) is 5.44. The van der Waals surface area contributed by atoms with E-state index in [9.17, 15) is 22.8 Å². The zero-order valence-electron chi connectivity index (χ0n) is 15.2. The molecular formula is C19H23F3N2O3. The first-order chi connectivity index (χ1) is 12.8. The third kappa shape index (κ3) is 3.67. The topological polar surface area (TPSA) is 49.9 Å². The number of piperidine rings is 1. The van der Waals surface area contributed by atoms with Gasteiger partial charge < -0.3 is 14.5 Å². The quantitative estimate of drug-likeness (QED) is 0.802. The van der Waals surface area contributed by atoms with Gasteiger partial charge in [0.05, 0.1) is 12.2 Å². The SMILES string of the molecule is COCCN1CCCC2(CCCN2C(=O)c2cccc(C(F)(F)F)c2)C1=O. The fourth-order valence-corrected chi connectivity index (χ4v) is 4.12. The Balaban J connectivity index is 1.87. The highest BCUT2D eigenvalue weighted by atomic mass is 19.4. The Morgan fingerprint density at radius 2 is 1.93 bits per heavy atom. The summed E-state index contributed by atoms with van der Waals surface area (Å²) in [5.41, 5.74) is -1.84. The van der Waals surface area contributed by atoms with Crippen LogP contribution in [0.3, 0.4) is 0 Å². The molecule has 2 heterocycles. The summed E-state index contributed by atoms with van der Waals surface area (Å²) in [6.07, 6.45) is -2.02. The Kier molecular flexibility index (Phi) is 5.46. The Labute approximate surface area is 156 Å². The van der Waals surface area contributed by atoms with Crippen molar-refractivity contribution < 1.29 is 27.5 Å². The van der Waals surface area contributed by atoms with E-state index >= 15 is 0 Å². The van der Waals surface area contributed by atoms with Crippen molar-refractivity contribution in [1.82, 2.24) is 9.80 Å². The van der Waals surface area contributed by atoms with Crippen LogP contribution in [0.2, 0.25) is 0 Å². The van der Waals surface area contributed by atoms with Crippen molar-refractivity contribution in [3.05, 3.63) is 35.4 Å². The van der Waals surface area contributed by atoms with Crippen molar-refractivity contribution in [3.8, 4) is 0 Å². The van der Waals surface area contributed by atoms with Crippen molar-refractivity contribution in [2.45, 2.75) is 37.4 Å². The molecule has 0 bridgehead atoms. The lowest BCUT2D eigenvalue weighted by Crippen LogP contribution is -2.61. The average molecular weight is 384 g/mol. The number of benzene rings is 1. The summed E-state index contributed by atoms with van der Waals surface area (Å²) in [5, 5.41) is 0. The summed E-state index contributed by atoms with van der Waals surface area (Å²) in [6.45, 7) is 1.83. The first kappa shape index (κ1) is 19.7. The number of methoxy groups -OCH3 is 1. The third-order valence-electron chi connectivity index (χ3n) is 5.44. The Morgan fingerprint density at radius 3 is 2.59 bits per heavy atom. The molecule has 0 saturated carbocycles. The molecule has 0 aliphatic carbocycles. The van der Waals surface area contributed by atoms with Gasteiger partial charge in [0.15, 0.2) is 0 Å². The molecule has 2 amide bonds. The molecule has 2 fully saturated rings. The second-order valence-electron chi connectivity index (χ2n) is 7.06. The molecule has 1 atom stereocenters. The molecule has 5 nitrogen and oxygen atoms in total. The van der Waals surface area contributed by atoms with E-state index in [0.717, 1.165) is 18.6 Å². The van der Waals surface area contributed by atoms with Crippen molar-refractivity contribution in [1.29, 1.82) is 0 Å². The number of hydrogen-bond donors (Lipinski definition) is 0. The van der Waals surface area contributed by atoms with E-state index in [1.54, 1.807) is 12.0 Å². The number of hydrogen-bond acceptors (Lipinski definition) is 3. The molecule has 1 unspecified atom stereocenters. The summed E-state index contributed by atoms with van der Waals surface area (Å²) >= 11 is 0. The van der Waals surface area contributed by atoms with Crippen LogP contribution in [0, 0.1) is 0 Å². The number of carbonyl (C=O) groups is 2. The average Bonchev–Trinajstić information content (AvgIpc) is 3.06. The Hall–Kier alpha value is -2.09. The van der Waals surface area contributed by atoms with Gasteiger partial charge in [0.25, 0.3) is 5.91 Å². The van der Waals surface area contributed by atoms with Crippen LogP contribution >= 0.6 is 0 Å². The molecule has 1 spiro atoms. The first-order valence-corrected chi connectivity index (χ1v) is 9.07. The van der Waals surface area contributed by atoms with E-state index in [-0.39, 0.29) is 11.5 Å². The number of alkyl halides is 3. The lowest BCUT2D eigenvalue weighted by molar-refractivity contribution is -0.146. The minimum Gasteiger partial charge on any atom is -0.383 e. The fourth-order valence-electron chi connectivity index (χ4n) is 4.12. The van der Waals surface area contributed by atoms with Gasteiger partial charge in [-0.05, 0) is 43.9 Å². The van der Waals surface area contributed by atoms with Crippen molar-refractivity contribution in [2.75, 3.05) is 33.4 Å². The Morgan fingerprint density at radius 1 is 1.22 bits per heavy atom. The highest BCUT2D eigenvalue weighted by Crippen LogP contribution is 2.39. The van der Waals surface area contributed by atoms with E-state index < -0.39 is 23.2 Å². The van der Waals surface area contributed by atoms with Gasteiger partial charge in [-0.2, -0.15) is 13.2 Å². The second-order valence-corrected chi connectivity index (χ2v) is 7.06. The normalized spacial score (nSPS) is 23.3. The Bertz CT molecular complexity index is 722. The molecule has 148 valence electrons. The number of rotatable bonds is 4. The van der Waals surface area contributed by atoms with Crippen molar-refractivity contribution >= 4 is 11.8 Å². The number of likely N-dealkylation sites (tertiary alicyclic amines) is 2. The molecule has 2 aliphatic rings. The van der Waals surface area contributed by atoms with Crippen molar-refractivity contribution in [3.63, 3.8) is 0 Å². The van der Waals surface area contributed by atoms with Crippen LogP contribution in [0.15, 0.2) is 24.3 Å². The minimum atomic E-state index is -4.52. The molecule has 27 heavy (non-hydrogen) atoms. The van der Waals surface area contributed by atoms with E-state index in [0.29, 0.717) is 45.5 Å². The number of carbonyl (C=O) groups excluding carboxylic acids is 2. The van der Waals surface area contributed by atoms with Gasteiger partial charge in [-0.15, -0.1) is 0 Å². The molecular weight excluding hydrogens is 361 g/mol. The number of halogens is 3. The van der Waals surface area contributed by atoms with Crippen LogP contribution in [-0.4, -0.2) is 60.5 Å². The smallest absolute Gasteiger partial charge is 0.383 e. The molecule has 0 N–H and O–H groups in total. The van der Waals surface area contributed by atoms with Crippen LogP contribution in [0.4, 0.5) is 13.2 Å². The van der Waals surface area contributed by atoms with E-state index in [1.807, 2.05) is 0 Å². The molecule has 1 aromatic carbocycles. The zero-order valence-corrected chi connectivity index (χ0v) is 15.2. The van der Waals surface area contributed by atoms with Crippen LogP contribution < -0.4 is 0 Å². The molecule has 2 aliphatic heterocycles. The molecule has 0 aromatic heterocycles. The van der Waals surface area contributed by atoms with E-state index in [4.69, 9.17) is 4.74 Å². The maximum atomic E-state index is 13.1. The van der Waals surface area contributed by atoms with Gasteiger partial charge in [0.2, 0.25) is 5.91 Å². The lowest BCUT2D eigenvalue weighted by Gasteiger charge is -2.44. The van der Waals surface area contributed by atoms with Gasteiger partial charge in [-0.25, -0.2) is 0 Å². The van der Waals surface area contributed by atoms with Gasteiger partial charge in [-0.1, -0.05) is 6.07 Å². The largest absolute Gasteiger partial charge is 0.416 e. The molecule has 1 aromatic rings. The maximum absolute atomic E-state index is 13.1. The number of nitrogens with zero attached hydrogens (tertiary/aromatic N) is 2. The molecule has 8 heteroatoms. The summed E-state index contributed by atoms with van der Waals surface area (Å²) < 4.78 is 44.0. The lowest BCUT2D eigenvalue weighted by atomic mass is 9.85. The maximum Gasteiger partial charge on any atom is 0.416 e. The number of ether oxygens (including phenoxy) is 1. The zero-order chi connectivity index (χ0) is 19.7. The summed E-state index contributed by atoms with van der Waals surface area (Å²) in [6, 6.07) is 4.41. The predicted octanol–water partition coefficient (Wildman–Crippen LogP) is 2.95. The van der Waals surface area contributed by atoms with E-state index in [1.165, 1.54) is 17.0 Å². The van der Waals surface area contributed by atoms with Crippen molar-refractivity contribution in [2.24, 2.45) is 0 Å². The minimum absolute atomic E-state index is 0.0343. The highest BCUT2D eigenvalue weighted by molar-refractivity contribution is 6.00. The fraction of sp³-hybridized carbons (Fsp3) is 0.579. The van der Waals surface area contributed by atoms with E-state index in [2.05, 4.69) is 0 Å². The number of amides is 2. The summed E-state index contributed by atoms with van der Waals surface area (Å²) in [5.74, 6) is -0.635.